The van der Waals surface area contributed by atoms with Crippen LogP contribution in [0.15, 0.2) is 66.9 Å². The highest BCUT2D eigenvalue weighted by atomic mass is 16.5. The van der Waals surface area contributed by atoms with E-state index >= 15 is 0 Å². The lowest BCUT2D eigenvalue weighted by Gasteiger charge is -2.09. The summed E-state index contributed by atoms with van der Waals surface area (Å²) in [4.78, 5) is 16.6. The minimum atomic E-state index is -0.245. The molecule has 0 aliphatic heterocycles. The third-order valence-electron chi connectivity index (χ3n) is 4.82. The molecule has 0 spiro atoms. The third kappa shape index (κ3) is 7.28. The Bertz CT molecular complexity index is 1060. The largest absolute Gasteiger partial charge is 0.497 e. The van der Waals surface area contributed by atoms with Gasteiger partial charge in [0, 0.05) is 12.6 Å². The van der Waals surface area contributed by atoms with Crippen molar-refractivity contribution in [3.63, 3.8) is 0 Å². The summed E-state index contributed by atoms with van der Waals surface area (Å²) >= 11 is 0. The first-order valence-corrected chi connectivity index (χ1v) is 10.7. The molecule has 1 amide bonds. The number of nitrogens with one attached hydrogen (secondary N) is 2. The van der Waals surface area contributed by atoms with Gasteiger partial charge < -0.3 is 24.8 Å². The molecule has 0 fully saturated rings. The van der Waals surface area contributed by atoms with Crippen molar-refractivity contribution in [3.05, 3.63) is 78.0 Å². The molecule has 33 heavy (non-hydrogen) atoms. The van der Waals surface area contributed by atoms with Crippen molar-refractivity contribution in [2.24, 2.45) is 0 Å². The Morgan fingerprint density at radius 3 is 2.48 bits per heavy atom. The number of benzene rings is 2. The zero-order chi connectivity index (χ0) is 23.5. The van der Waals surface area contributed by atoms with E-state index in [1.165, 1.54) is 11.6 Å². The number of anilines is 2. The Morgan fingerprint density at radius 1 is 1.00 bits per heavy atom. The monoisotopic (exact) mass is 447 g/mol. The van der Waals surface area contributed by atoms with E-state index in [0.717, 1.165) is 30.1 Å². The van der Waals surface area contributed by atoms with E-state index in [-0.39, 0.29) is 5.91 Å². The predicted molar refractivity (Wildman–Crippen MR) is 131 cm³/mol. The number of methoxy groups -OCH3 is 2. The van der Waals surface area contributed by atoms with Gasteiger partial charge >= 0.3 is 0 Å². The number of aromatic nitrogens is 1. The molecule has 2 aromatic carbocycles. The highest BCUT2D eigenvalue weighted by Gasteiger charge is 2.05. The maximum atomic E-state index is 12.3. The summed E-state index contributed by atoms with van der Waals surface area (Å²) in [6.07, 6.45) is 5.68. The number of hydrogen-bond acceptors (Lipinski definition) is 6. The van der Waals surface area contributed by atoms with E-state index in [1.54, 1.807) is 26.5 Å². The molecule has 2 N–H and O–H groups in total. The number of amides is 1. The van der Waals surface area contributed by atoms with Gasteiger partial charge in [0.2, 0.25) is 5.91 Å². The van der Waals surface area contributed by atoms with Gasteiger partial charge in [-0.25, -0.2) is 4.98 Å². The summed E-state index contributed by atoms with van der Waals surface area (Å²) < 4.78 is 16.0. The van der Waals surface area contributed by atoms with Crippen molar-refractivity contribution < 1.29 is 19.0 Å². The molecule has 7 heteroatoms. The average molecular weight is 448 g/mol. The molecule has 3 rings (SSSR count). The third-order valence-corrected chi connectivity index (χ3v) is 4.82. The SMILES string of the molecule is CCOc1ccc(/C=C/C(=O)Nc2ccc(NCCc3ccc(OC)cc3)nc2)cc1OC. The quantitative estimate of drug-likeness (QED) is 0.411. The van der Waals surface area contributed by atoms with Gasteiger partial charge in [0.15, 0.2) is 11.5 Å². The van der Waals surface area contributed by atoms with Crippen LogP contribution >= 0.6 is 0 Å². The van der Waals surface area contributed by atoms with Gasteiger partial charge in [0.1, 0.15) is 11.6 Å². The Balaban J connectivity index is 1.48. The Hall–Kier alpha value is -4.00. The van der Waals surface area contributed by atoms with Crippen LogP contribution in [0.25, 0.3) is 6.08 Å². The highest BCUT2D eigenvalue weighted by Crippen LogP contribution is 2.28. The van der Waals surface area contributed by atoms with Crippen LogP contribution in [-0.4, -0.2) is 38.3 Å². The fourth-order valence-electron chi connectivity index (χ4n) is 3.12. The van der Waals surface area contributed by atoms with E-state index in [2.05, 4.69) is 15.6 Å². The first kappa shape index (κ1) is 23.7. The van der Waals surface area contributed by atoms with Crippen molar-refractivity contribution >= 4 is 23.5 Å². The van der Waals surface area contributed by atoms with Gasteiger partial charge in [0.25, 0.3) is 0 Å². The van der Waals surface area contributed by atoms with Crippen LogP contribution in [0.1, 0.15) is 18.1 Å². The summed E-state index contributed by atoms with van der Waals surface area (Å²) in [7, 11) is 3.24. The number of nitrogens with zero attached hydrogens (tertiary/aromatic N) is 1. The van der Waals surface area contributed by atoms with Crippen molar-refractivity contribution in [1.82, 2.24) is 4.98 Å². The zero-order valence-electron chi connectivity index (χ0n) is 19.1. The van der Waals surface area contributed by atoms with Gasteiger partial charge in [-0.1, -0.05) is 18.2 Å². The average Bonchev–Trinajstić information content (AvgIpc) is 2.85. The van der Waals surface area contributed by atoms with Crippen LogP contribution in [0.4, 0.5) is 11.5 Å². The summed E-state index contributed by atoms with van der Waals surface area (Å²) in [5.74, 6) is 2.65. The van der Waals surface area contributed by atoms with Crippen LogP contribution in [-0.2, 0) is 11.2 Å². The first-order valence-electron chi connectivity index (χ1n) is 10.7. The van der Waals surface area contributed by atoms with Gasteiger partial charge in [-0.05, 0) is 66.9 Å². The molecule has 0 aliphatic carbocycles. The molecule has 0 aliphatic rings. The van der Waals surface area contributed by atoms with E-state index in [1.807, 2.05) is 61.5 Å². The molecule has 0 saturated heterocycles. The second-order valence-electron chi connectivity index (χ2n) is 7.12. The normalized spacial score (nSPS) is 10.6. The minimum Gasteiger partial charge on any atom is -0.497 e. The van der Waals surface area contributed by atoms with E-state index in [4.69, 9.17) is 14.2 Å². The second-order valence-corrected chi connectivity index (χ2v) is 7.12. The van der Waals surface area contributed by atoms with Crippen molar-refractivity contribution in [1.29, 1.82) is 0 Å². The number of carbonyl (C=O) groups is 1. The number of ether oxygens (including phenoxy) is 3. The standard InChI is InChI=1S/C26H29N3O4/c1-4-33-23-12-7-20(17-24(23)32-3)8-14-26(30)29-21-9-13-25(28-18-21)27-16-15-19-5-10-22(31-2)11-6-19/h5-14,17-18H,4,15-16H2,1-3H3,(H,27,28)(H,29,30)/b14-8+. The molecule has 0 radical (unpaired) electrons. The number of carbonyl (C=O) groups excluding carboxylic acids is 1. The van der Waals surface area contributed by atoms with Crippen molar-refractivity contribution in [3.8, 4) is 17.2 Å². The topological polar surface area (TPSA) is 81.7 Å². The van der Waals surface area contributed by atoms with Crippen molar-refractivity contribution in [2.45, 2.75) is 13.3 Å². The lowest BCUT2D eigenvalue weighted by molar-refractivity contribution is -0.111. The van der Waals surface area contributed by atoms with Crippen molar-refractivity contribution in [2.75, 3.05) is 38.0 Å². The van der Waals surface area contributed by atoms with Gasteiger partial charge in [-0.15, -0.1) is 0 Å². The summed E-state index contributed by atoms with van der Waals surface area (Å²) in [5, 5.41) is 6.09. The van der Waals surface area contributed by atoms with Crippen LogP contribution in [0.3, 0.4) is 0 Å². The van der Waals surface area contributed by atoms with E-state index < -0.39 is 0 Å². The summed E-state index contributed by atoms with van der Waals surface area (Å²) in [6, 6.07) is 17.2. The zero-order valence-corrected chi connectivity index (χ0v) is 19.1. The van der Waals surface area contributed by atoms with Gasteiger partial charge in [0.05, 0.1) is 32.7 Å². The number of hydrogen-bond donors (Lipinski definition) is 2. The smallest absolute Gasteiger partial charge is 0.248 e. The minimum absolute atomic E-state index is 0.245. The van der Waals surface area contributed by atoms with Crippen LogP contribution in [0.5, 0.6) is 17.2 Å². The maximum absolute atomic E-state index is 12.3. The Kier molecular flexibility index (Phi) is 8.71. The lowest BCUT2D eigenvalue weighted by atomic mass is 10.1. The molecule has 1 aromatic heterocycles. The Morgan fingerprint density at radius 2 is 1.82 bits per heavy atom. The first-order chi connectivity index (χ1) is 16.1. The summed E-state index contributed by atoms with van der Waals surface area (Å²) in [6.45, 7) is 3.22. The Labute approximate surface area is 194 Å². The number of pyridine rings is 1. The number of rotatable bonds is 11. The predicted octanol–water partition coefficient (Wildman–Crippen LogP) is 4.80. The molecule has 0 bridgehead atoms. The fourth-order valence-corrected chi connectivity index (χ4v) is 3.12. The van der Waals surface area contributed by atoms with Crippen LogP contribution in [0.2, 0.25) is 0 Å². The molecule has 1 heterocycles. The van der Waals surface area contributed by atoms with E-state index in [0.29, 0.717) is 23.8 Å². The lowest BCUT2D eigenvalue weighted by Crippen LogP contribution is -2.09. The van der Waals surface area contributed by atoms with Gasteiger partial charge in [-0.2, -0.15) is 0 Å². The highest BCUT2D eigenvalue weighted by molar-refractivity contribution is 6.01. The van der Waals surface area contributed by atoms with Crippen LogP contribution in [0, 0.1) is 0 Å². The molecule has 172 valence electrons. The molecular weight excluding hydrogens is 418 g/mol. The molecular formula is C26H29N3O4. The molecule has 0 atom stereocenters. The van der Waals surface area contributed by atoms with Gasteiger partial charge in [-0.3, -0.25) is 4.79 Å². The van der Waals surface area contributed by atoms with Crippen LogP contribution < -0.4 is 24.8 Å². The molecule has 3 aromatic rings. The maximum Gasteiger partial charge on any atom is 0.248 e. The second kappa shape index (κ2) is 12.1. The molecule has 7 nitrogen and oxygen atoms in total. The summed E-state index contributed by atoms with van der Waals surface area (Å²) in [5.41, 5.74) is 2.67. The molecule has 0 saturated carbocycles. The fraction of sp³-hybridized carbons (Fsp3) is 0.231. The van der Waals surface area contributed by atoms with E-state index in [9.17, 15) is 4.79 Å². The molecule has 0 unspecified atom stereocenters.